The summed E-state index contributed by atoms with van der Waals surface area (Å²) in [5.74, 6) is 1.53. The van der Waals surface area contributed by atoms with Gasteiger partial charge in [0.2, 0.25) is 0 Å². The van der Waals surface area contributed by atoms with Crippen molar-refractivity contribution in [2.45, 2.75) is 11.8 Å². The molecule has 2 aromatic heterocycles. The number of Topliss-reactive ketones (excluding diaryl/α,β-unsaturated/α-hetero) is 1. The molecule has 5 rings (SSSR count). The third-order valence-electron chi connectivity index (χ3n) is 5.17. The molecule has 0 spiro atoms. The third-order valence-corrected chi connectivity index (χ3v) is 6.35. The molecule has 0 atom stereocenters. The van der Waals surface area contributed by atoms with Gasteiger partial charge in [0.05, 0.1) is 5.75 Å². The number of para-hydroxylation sites is 1. The number of hydrogen-bond acceptors (Lipinski definition) is 6. The molecule has 0 aliphatic carbocycles. The van der Waals surface area contributed by atoms with E-state index in [2.05, 4.69) is 15.2 Å². The van der Waals surface area contributed by atoms with Crippen LogP contribution < -0.4 is 4.74 Å². The Hall–Kier alpha value is -3.68. The van der Waals surface area contributed by atoms with Gasteiger partial charge >= 0.3 is 0 Å². The van der Waals surface area contributed by atoms with Gasteiger partial charge in [0.15, 0.2) is 16.8 Å². The van der Waals surface area contributed by atoms with Crippen LogP contribution in [0.2, 0.25) is 5.02 Å². The maximum Gasteiger partial charge on any atom is 0.196 e. The van der Waals surface area contributed by atoms with Gasteiger partial charge < -0.3 is 4.74 Å². The summed E-state index contributed by atoms with van der Waals surface area (Å²) >= 11 is 7.43. The van der Waals surface area contributed by atoms with Gasteiger partial charge in [-0.25, -0.2) is 0 Å². The SMILES string of the molecule is O=C(CSc1nnc(COc2cccc3cccnc23)n1-c1ccc(Cl)cc1)c1ccccc1. The molecule has 34 heavy (non-hydrogen) atoms. The lowest BCUT2D eigenvalue weighted by Gasteiger charge is -2.12. The van der Waals surface area contributed by atoms with Crippen LogP contribution in [0.5, 0.6) is 5.75 Å². The van der Waals surface area contributed by atoms with Crippen molar-refractivity contribution in [1.29, 1.82) is 0 Å². The molecular weight excluding hydrogens is 468 g/mol. The molecule has 0 aliphatic heterocycles. The summed E-state index contributed by atoms with van der Waals surface area (Å²) in [6.07, 6.45) is 1.74. The second-order valence-corrected chi connectivity index (χ2v) is 8.79. The average Bonchev–Trinajstić information content (AvgIpc) is 3.29. The number of fused-ring (bicyclic) bond motifs is 1. The monoisotopic (exact) mass is 486 g/mol. The number of carbonyl (C=O) groups is 1. The van der Waals surface area contributed by atoms with Gasteiger partial charge in [0.25, 0.3) is 0 Å². The summed E-state index contributed by atoms with van der Waals surface area (Å²) < 4.78 is 8.00. The third kappa shape index (κ3) is 4.81. The van der Waals surface area contributed by atoms with Crippen LogP contribution >= 0.6 is 23.4 Å². The first kappa shape index (κ1) is 22.1. The average molecular weight is 487 g/mol. The van der Waals surface area contributed by atoms with Crippen molar-refractivity contribution in [2.75, 3.05) is 5.75 Å². The van der Waals surface area contributed by atoms with E-state index in [9.17, 15) is 4.79 Å². The summed E-state index contributed by atoms with van der Waals surface area (Å²) in [7, 11) is 0. The number of carbonyl (C=O) groups excluding carboxylic acids is 1. The van der Waals surface area contributed by atoms with Crippen molar-refractivity contribution in [3.05, 3.63) is 108 Å². The van der Waals surface area contributed by atoms with Crippen molar-refractivity contribution in [3.8, 4) is 11.4 Å². The maximum absolute atomic E-state index is 12.6. The molecule has 0 bridgehead atoms. The molecule has 0 radical (unpaired) electrons. The van der Waals surface area contributed by atoms with E-state index in [1.807, 2.05) is 77.4 Å². The lowest BCUT2D eigenvalue weighted by atomic mass is 10.2. The van der Waals surface area contributed by atoms with Gasteiger partial charge in [-0.2, -0.15) is 0 Å². The fourth-order valence-corrected chi connectivity index (χ4v) is 4.50. The van der Waals surface area contributed by atoms with Gasteiger partial charge in [-0.1, -0.05) is 71.9 Å². The molecule has 0 aliphatic rings. The first-order valence-corrected chi connectivity index (χ1v) is 11.9. The standard InChI is InChI=1S/C26H19ClN4O2S/c27-20-11-13-21(14-12-20)31-24(16-33-23-10-4-8-19-9-5-15-28-25(19)23)29-30-26(31)34-17-22(32)18-6-2-1-3-7-18/h1-15H,16-17H2. The van der Waals surface area contributed by atoms with Crippen LogP contribution in [-0.4, -0.2) is 31.3 Å². The molecule has 0 saturated heterocycles. The van der Waals surface area contributed by atoms with Crippen LogP contribution in [-0.2, 0) is 6.61 Å². The van der Waals surface area contributed by atoms with Gasteiger partial charge in [0.1, 0.15) is 17.9 Å². The molecule has 5 aromatic rings. The molecule has 0 amide bonds. The molecule has 6 nitrogen and oxygen atoms in total. The number of thioether (sulfide) groups is 1. The van der Waals surface area contributed by atoms with E-state index in [4.69, 9.17) is 16.3 Å². The first-order chi connectivity index (χ1) is 16.7. The van der Waals surface area contributed by atoms with Crippen molar-refractivity contribution in [2.24, 2.45) is 0 Å². The fraction of sp³-hybridized carbons (Fsp3) is 0.0769. The minimum absolute atomic E-state index is 0.0240. The van der Waals surface area contributed by atoms with Crippen LogP contribution in [0.3, 0.4) is 0 Å². The Morgan fingerprint density at radius 1 is 0.912 bits per heavy atom. The molecule has 0 fully saturated rings. The lowest BCUT2D eigenvalue weighted by molar-refractivity contribution is 0.102. The van der Waals surface area contributed by atoms with E-state index in [0.717, 1.165) is 16.6 Å². The number of aromatic nitrogens is 4. The van der Waals surface area contributed by atoms with E-state index in [-0.39, 0.29) is 18.1 Å². The second-order valence-electron chi connectivity index (χ2n) is 7.41. The van der Waals surface area contributed by atoms with Crippen molar-refractivity contribution >= 4 is 40.0 Å². The summed E-state index contributed by atoms with van der Waals surface area (Å²) in [6, 6.07) is 26.3. The van der Waals surface area contributed by atoms with Gasteiger partial charge in [-0.3, -0.25) is 14.3 Å². The lowest BCUT2D eigenvalue weighted by Crippen LogP contribution is -2.08. The zero-order valence-corrected chi connectivity index (χ0v) is 19.5. The summed E-state index contributed by atoms with van der Waals surface area (Å²) in [5, 5.41) is 10.9. The largest absolute Gasteiger partial charge is 0.483 e. The second kappa shape index (κ2) is 10.1. The van der Waals surface area contributed by atoms with Gasteiger partial charge in [-0.15, -0.1) is 10.2 Å². The highest BCUT2D eigenvalue weighted by Gasteiger charge is 2.17. The molecule has 0 unspecified atom stereocenters. The Kier molecular flexibility index (Phi) is 6.56. The highest BCUT2D eigenvalue weighted by Crippen LogP contribution is 2.27. The minimum atomic E-state index is 0.0240. The number of benzene rings is 3. The Labute approximate surface area is 205 Å². The highest BCUT2D eigenvalue weighted by atomic mass is 35.5. The van der Waals surface area contributed by atoms with Crippen LogP contribution in [0.1, 0.15) is 16.2 Å². The zero-order chi connectivity index (χ0) is 23.3. The van der Waals surface area contributed by atoms with Crippen molar-refractivity contribution in [3.63, 3.8) is 0 Å². The van der Waals surface area contributed by atoms with Crippen LogP contribution in [0, 0.1) is 0 Å². The van der Waals surface area contributed by atoms with Crippen molar-refractivity contribution in [1.82, 2.24) is 19.7 Å². The molecule has 8 heteroatoms. The molecule has 2 heterocycles. The smallest absolute Gasteiger partial charge is 0.196 e. The Bertz CT molecular complexity index is 1430. The number of ketones is 1. The number of nitrogens with zero attached hydrogens (tertiary/aromatic N) is 4. The fourth-order valence-electron chi connectivity index (χ4n) is 3.51. The van der Waals surface area contributed by atoms with Crippen LogP contribution in [0.25, 0.3) is 16.6 Å². The Morgan fingerprint density at radius 3 is 2.53 bits per heavy atom. The normalized spacial score (nSPS) is 11.0. The zero-order valence-electron chi connectivity index (χ0n) is 18.0. The quantitative estimate of drug-likeness (QED) is 0.197. The number of rotatable bonds is 8. The first-order valence-electron chi connectivity index (χ1n) is 10.6. The van der Waals surface area contributed by atoms with E-state index in [1.54, 1.807) is 18.3 Å². The number of hydrogen-bond donors (Lipinski definition) is 0. The minimum Gasteiger partial charge on any atom is -0.483 e. The predicted octanol–water partition coefficient (Wildman–Crippen LogP) is 6.02. The van der Waals surface area contributed by atoms with E-state index < -0.39 is 0 Å². The van der Waals surface area contributed by atoms with Crippen molar-refractivity contribution < 1.29 is 9.53 Å². The maximum atomic E-state index is 12.6. The summed E-state index contributed by atoms with van der Waals surface area (Å²) in [5.41, 5.74) is 2.28. The highest BCUT2D eigenvalue weighted by molar-refractivity contribution is 7.99. The number of pyridine rings is 1. The van der Waals surface area contributed by atoms with Crippen LogP contribution in [0.4, 0.5) is 0 Å². The summed E-state index contributed by atoms with van der Waals surface area (Å²) in [6.45, 7) is 0.179. The molecule has 168 valence electrons. The van der Waals surface area contributed by atoms with Gasteiger partial charge in [0, 0.05) is 27.9 Å². The number of ether oxygens (including phenoxy) is 1. The van der Waals surface area contributed by atoms with Gasteiger partial charge in [-0.05, 0) is 36.4 Å². The topological polar surface area (TPSA) is 69.9 Å². The molecule has 0 N–H and O–H groups in total. The Morgan fingerprint density at radius 2 is 1.71 bits per heavy atom. The summed E-state index contributed by atoms with van der Waals surface area (Å²) in [4.78, 5) is 17.1. The predicted molar refractivity (Wildman–Crippen MR) is 134 cm³/mol. The van der Waals surface area contributed by atoms with E-state index in [1.165, 1.54) is 11.8 Å². The molecule has 3 aromatic carbocycles. The Balaban J connectivity index is 1.42. The number of halogens is 1. The van der Waals surface area contributed by atoms with Crippen LogP contribution in [0.15, 0.2) is 96.3 Å². The van der Waals surface area contributed by atoms with E-state index >= 15 is 0 Å². The van der Waals surface area contributed by atoms with E-state index in [0.29, 0.717) is 27.3 Å². The molecular formula is C26H19ClN4O2S. The molecule has 0 saturated carbocycles.